The van der Waals surface area contributed by atoms with Crippen LogP contribution in [0.3, 0.4) is 0 Å². The third-order valence-electron chi connectivity index (χ3n) is 6.29. The molecule has 3 rings (SSSR count). The van der Waals surface area contributed by atoms with Crippen LogP contribution in [0.25, 0.3) is 6.08 Å². The fourth-order valence-corrected chi connectivity index (χ4v) is 4.99. The summed E-state index contributed by atoms with van der Waals surface area (Å²) in [4.78, 5) is 23.5. The van der Waals surface area contributed by atoms with Crippen molar-refractivity contribution < 1.29 is 24.5 Å². The minimum absolute atomic E-state index is 0.174. The van der Waals surface area contributed by atoms with Crippen molar-refractivity contribution in [3.05, 3.63) is 93.7 Å². The summed E-state index contributed by atoms with van der Waals surface area (Å²) in [5, 5.41) is 20.2. The lowest BCUT2D eigenvalue weighted by atomic mass is 9.92. The van der Waals surface area contributed by atoms with Crippen LogP contribution in [0.4, 0.5) is 0 Å². The number of aromatic carboxylic acids is 1. The quantitative estimate of drug-likeness (QED) is 0.178. The average Bonchev–Trinajstić information content (AvgIpc) is 3.41. The molecule has 3 aromatic rings. The normalized spacial score (nSPS) is 12.0. The molecule has 5 nitrogen and oxygen atoms in total. The van der Waals surface area contributed by atoms with Gasteiger partial charge in [0.25, 0.3) is 0 Å². The van der Waals surface area contributed by atoms with Crippen LogP contribution < -0.4 is 4.74 Å². The van der Waals surface area contributed by atoms with E-state index in [0.717, 1.165) is 55.4 Å². The number of carbonyl (C=O) groups is 2. The number of thiophene rings is 1. The van der Waals surface area contributed by atoms with Crippen molar-refractivity contribution in [1.82, 2.24) is 0 Å². The first kappa shape index (κ1) is 28.2. The zero-order chi connectivity index (χ0) is 26.3. The molecule has 1 aromatic heterocycles. The molecule has 0 fully saturated rings. The largest absolute Gasteiger partial charge is 0.493 e. The minimum atomic E-state index is -0.934. The lowest BCUT2D eigenvalue weighted by molar-refractivity contribution is -0.137. The van der Waals surface area contributed by atoms with Crippen LogP contribution in [-0.4, -0.2) is 28.8 Å². The number of ether oxygens (including phenoxy) is 1. The summed E-state index contributed by atoms with van der Waals surface area (Å²) >= 11 is 1.81. The molecule has 0 aliphatic heterocycles. The van der Waals surface area contributed by atoms with E-state index < -0.39 is 11.9 Å². The number of allylic oxidation sites excluding steroid dienone is 1. The van der Waals surface area contributed by atoms with Crippen LogP contribution in [-0.2, 0) is 17.6 Å². The minimum Gasteiger partial charge on any atom is -0.493 e. The van der Waals surface area contributed by atoms with Crippen LogP contribution >= 0.6 is 11.3 Å². The van der Waals surface area contributed by atoms with Crippen LogP contribution in [0.2, 0.25) is 0 Å². The van der Waals surface area contributed by atoms with Gasteiger partial charge in [0.1, 0.15) is 5.75 Å². The van der Waals surface area contributed by atoms with Crippen LogP contribution in [0.5, 0.6) is 5.75 Å². The van der Waals surface area contributed by atoms with Gasteiger partial charge < -0.3 is 14.9 Å². The maximum atomic E-state index is 11.2. The summed E-state index contributed by atoms with van der Waals surface area (Å²) in [5.41, 5.74) is 2.36. The molecule has 1 heterocycles. The molecular weight excluding hydrogens is 484 g/mol. The molecule has 2 aromatic carbocycles. The Labute approximate surface area is 223 Å². The first-order chi connectivity index (χ1) is 18.0. The second-order valence-corrected chi connectivity index (χ2v) is 10.3. The van der Waals surface area contributed by atoms with E-state index in [1.807, 2.05) is 47.7 Å². The highest BCUT2D eigenvalue weighted by Gasteiger charge is 2.10. The molecule has 6 heteroatoms. The van der Waals surface area contributed by atoms with Gasteiger partial charge >= 0.3 is 11.9 Å². The molecular formula is C31H36O5S. The molecule has 0 radical (unpaired) electrons. The molecule has 196 valence electrons. The van der Waals surface area contributed by atoms with Gasteiger partial charge in [0.15, 0.2) is 0 Å². The van der Waals surface area contributed by atoms with E-state index >= 15 is 0 Å². The highest BCUT2D eigenvalue weighted by Crippen LogP contribution is 2.24. The number of rotatable bonds is 17. The van der Waals surface area contributed by atoms with Gasteiger partial charge in [0.2, 0.25) is 0 Å². The zero-order valence-electron chi connectivity index (χ0n) is 21.2. The Morgan fingerprint density at radius 3 is 2.43 bits per heavy atom. The molecule has 0 aliphatic rings. The Morgan fingerprint density at radius 2 is 1.70 bits per heavy atom. The van der Waals surface area contributed by atoms with E-state index in [9.17, 15) is 9.59 Å². The van der Waals surface area contributed by atoms with Crippen LogP contribution in [0.1, 0.15) is 71.3 Å². The number of unbranched alkanes of at least 4 members (excludes halogenated alkanes) is 3. The molecule has 0 saturated carbocycles. The SMILES string of the molecule is O=C(O)CCCCC(/C=C/c1ccccc1OCCCCCc1cccs1)Cc1ccc(C(=O)O)cc1. The Kier molecular flexibility index (Phi) is 11.9. The predicted octanol–water partition coefficient (Wildman–Crippen LogP) is 7.76. The lowest BCUT2D eigenvalue weighted by Crippen LogP contribution is -2.04. The molecule has 0 aliphatic carbocycles. The van der Waals surface area contributed by atoms with Gasteiger partial charge in [-0.25, -0.2) is 4.79 Å². The third kappa shape index (κ3) is 10.6. The number of hydrogen-bond donors (Lipinski definition) is 2. The van der Waals surface area contributed by atoms with Crippen LogP contribution in [0.15, 0.2) is 72.1 Å². The van der Waals surface area contributed by atoms with E-state index in [2.05, 4.69) is 29.7 Å². The highest BCUT2D eigenvalue weighted by atomic mass is 32.1. The first-order valence-corrected chi connectivity index (χ1v) is 13.9. The van der Waals surface area contributed by atoms with Gasteiger partial charge in [-0.3, -0.25) is 4.79 Å². The summed E-state index contributed by atoms with van der Waals surface area (Å²) in [6, 6.07) is 19.3. The number of aliphatic carboxylic acids is 1. The summed E-state index contributed by atoms with van der Waals surface area (Å²) in [6.45, 7) is 0.684. The Bertz CT molecular complexity index is 1120. The molecule has 0 amide bonds. The summed E-state index contributed by atoms with van der Waals surface area (Å²) in [7, 11) is 0. The van der Waals surface area contributed by atoms with Gasteiger partial charge in [-0.2, -0.15) is 0 Å². The smallest absolute Gasteiger partial charge is 0.335 e. The van der Waals surface area contributed by atoms with Crippen molar-refractivity contribution in [2.75, 3.05) is 6.61 Å². The van der Waals surface area contributed by atoms with Crippen molar-refractivity contribution in [3.63, 3.8) is 0 Å². The van der Waals surface area contributed by atoms with Crippen molar-refractivity contribution >= 4 is 29.4 Å². The van der Waals surface area contributed by atoms with Crippen molar-refractivity contribution in [1.29, 1.82) is 0 Å². The van der Waals surface area contributed by atoms with Gasteiger partial charge in [-0.15, -0.1) is 11.3 Å². The number of carboxylic acids is 2. The number of para-hydroxylation sites is 1. The molecule has 37 heavy (non-hydrogen) atoms. The molecule has 0 saturated heterocycles. The van der Waals surface area contributed by atoms with Gasteiger partial charge in [0, 0.05) is 16.9 Å². The molecule has 1 atom stereocenters. The fourth-order valence-electron chi connectivity index (χ4n) is 4.24. The van der Waals surface area contributed by atoms with E-state index in [-0.39, 0.29) is 17.9 Å². The van der Waals surface area contributed by atoms with Crippen molar-refractivity contribution in [2.45, 2.75) is 57.8 Å². The zero-order valence-corrected chi connectivity index (χ0v) is 22.0. The van der Waals surface area contributed by atoms with Gasteiger partial charge in [-0.05, 0) is 86.1 Å². The predicted molar refractivity (Wildman–Crippen MR) is 150 cm³/mol. The van der Waals surface area contributed by atoms with E-state index in [4.69, 9.17) is 14.9 Å². The average molecular weight is 521 g/mol. The van der Waals surface area contributed by atoms with Crippen molar-refractivity contribution in [3.8, 4) is 5.75 Å². The maximum Gasteiger partial charge on any atom is 0.335 e. The standard InChI is InChI=1S/C31H36O5S/c32-30(33)14-6-3-9-24(23-25-16-19-27(20-17-25)31(34)35)15-18-26-10-4-5-13-29(26)36-21-7-1-2-11-28-12-8-22-37-28/h4-5,8,10,12-13,15-20,22,24H,1-3,6-7,9,11,14,21,23H2,(H,32,33)(H,34,35)/b18-15+. The monoisotopic (exact) mass is 520 g/mol. The Morgan fingerprint density at radius 1 is 0.892 bits per heavy atom. The van der Waals surface area contributed by atoms with E-state index in [1.54, 1.807) is 12.1 Å². The molecule has 0 spiro atoms. The second kappa shape index (κ2) is 15.7. The Hall–Kier alpha value is -3.38. The second-order valence-electron chi connectivity index (χ2n) is 9.24. The molecule has 0 bridgehead atoms. The number of carboxylic acid groups (broad SMARTS) is 2. The van der Waals surface area contributed by atoms with Gasteiger partial charge in [-0.1, -0.05) is 55.0 Å². The first-order valence-electron chi connectivity index (χ1n) is 13.0. The number of hydrogen-bond acceptors (Lipinski definition) is 4. The molecule has 1 unspecified atom stereocenters. The fraction of sp³-hybridized carbons (Fsp3) is 0.355. The lowest BCUT2D eigenvalue weighted by Gasteiger charge is -2.14. The summed E-state index contributed by atoms with van der Waals surface area (Å²) in [6.07, 6.45) is 12.0. The summed E-state index contributed by atoms with van der Waals surface area (Å²) < 4.78 is 6.12. The van der Waals surface area contributed by atoms with E-state index in [1.165, 1.54) is 11.3 Å². The van der Waals surface area contributed by atoms with Crippen molar-refractivity contribution in [2.24, 2.45) is 5.92 Å². The third-order valence-corrected chi connectivity index (χ3v) is 7.22. The number of benzene rings is 2. The van der Waals surface area contributed by atoms with E-state index in [0.29, 0.717) is 13.0 Å². The number of aryl methyl sites for hydroxylation is 1. The maximum absolute atomic E-state index is 11.2. The summed E-state index contributed by atoms with van der Waals surface area (Å²) in [5.74, 6) is -0.632. The topological polar surface area (TPSA) is 83.8 Å². The highest BCUT2D eigenvalue weighted by molar-refractivity contribution is 7.09. The van der Waals surface area contributed by atoms with Gasteiger partial charge in [0.05, 0.1) is 12.2 Å². The van der Waals surface area contributed by atoms with Crippen LogP contribution in [0, 0.1) is 5.92 Å². The molecule has 2 N–H and O–H groups in total. The Balaban J connectivity index is 1.56.